The summed E-state index contributed by atoms with van der Waals surface area (Å²) >= 11 is 0. The number of benzene rings is 1. The van der Waals surface area contributed by atoms with E-state index in [1.807, 2.05) is 30.3 Å². The van der Waals surface area contributed by atoms with E-state index < -0.39 is 11.9 Å². The third-order valence-corrected chi connectivity index (χ3v) is 5.67. The lowest BCUT2D eigenvalue weighted by Gasteiger charge is -2.20. The number of likely N-dealkylation sites (tertiary alicyclic amines) is 1. The fourth-order valence-electron chi connectivity index (χ4n) is 4.04. The van der Waals surface area contributed by atoms with Crippen LogP contribution in [0, 0.1) is 0 Å². The van der Waals surface area contributed by atoms with Gasteiger partial charge in [-0.15, -0.1) is 0 Å². The third kappa shape index (κ3) is 4.22. The lowest BCUT2D eigenvalue weighted by molar-refractivity contribution is -0.131. The Morgan fingerprint density at radius 3 is 2.53 bits per heavy atom. The van der Waals surface area contributed by atoms with Gasteiger partial charge in [-0.2, -0.15) is 5.10 Å². The van der Waals surface area contributed by atoms with Crippen molar-refractivity contribution in [1.29, 1.82) is 0 Å². The quantitative estimate of drug-likeness (QED) is 0.814. The highest BCUT2D eigenvalue weighted by molar-refractivity contribution is 5.99. The van der Waals surface area contributed by atoms with Crippen LogP contribution in [0.25, 0.3) is 0 Å². The smallest absolute Gasteiger partial charge is 0.272 e. The molecular weight excluding hydrogens is 382 g/mol. The van der Waals surface area contributed by atoms with Gasteiger partial charge in [-0.1, -0.05) is 30.3 Å². The second-order valence-corrected chi connectivity index (χ2v) is 7.93. The molecule has 0 radical (unpaired) electrons. The van der Waals surface area contributed by atoms with Gasteiger partial charge in [0.15, 0.2) is 5.69 Å². The fourth-order valence-corrected chi connectivity index (χ4v) is 4.04. The molecule has 8 nitrogen and oxygen atoms in total. The van der Waals surface area contributed by atoms with Crippen LogP contribution in [0.1, 0.15) is 52.7 Å². The van der Waals surface area contributed by atoms with Crippen molar-refractivity contribution >= 4 is 17.7 Å². The average molecular weight is 409 g/mol. The van der Waals surface area contributed by atoms with Gasteiger partial charge in [-0.3, -0.25) is 19.1 Å². The predicted octanol–water partition coefficient (Wildman–Crippen LogP) is 1.67. The molecule has 8 heteroatoms. The Morgan fingerprint density at radius 1 is 1.07 bits per heavy atom. The van der Waals surface area contributed by atoms with E-state index in [0.29, 0.717) is 25.3 Å². The maximum Gasteiger partial charge on any atom is 0.272 e. The first-order valence-electron chi connectivity index (χ1n) is 10.5. The maximum atomic E-state index is 13.1. The molecule has 1 saturated heterocycles. The van der Waals surface area contributed by atoms with E-state index in [1.165, 1.54) is 6.07 Å². The predicted molar refractivity (Wildman–Crippen MR) is 111 cm³/mol. The Kier molecular flexibility index (Phi) is 5.83. The van der Waals surface area contributed by atoms with Crippen molar-refractivity contribution in [2.75, 3.05) is 19.6 Å². The Morgan fingerprint density at radius 2 is 1.80 bits per heavy atom. The minimum atomic E-state index is -0.623. The van der Waals surface area contributed by atoms with E-state index in [4.69, 9.17) is 0 Å². The van der Waals surface area contributed by atoms with Crippen LogP contribution in [-0.4, -0.2) is 63.0 Å². The summed E-state index contributed by atoms with van der Waals surface area (Å²) < 4.78 is 1.61. The second kappa shape index (κ2) is 8.69. The Hall–Kier alpha value is -3.16. The maximum absolute atomic E-state index is 13.1. The number of aryl methyl sites for hydroxylation is 1. The van der Waals surface area contributed by atoms with Crippen LogP contribution in [0.5, 0.6) is 0 Å². The molecule has 1 aromatic carbocycles. The number of hydrogen-bond acceptors (Lipinski definition) is 4. The van der Waals surface area contributed by atoms with E-state index in [-0.39, 0.29) is 17.5 Å². The van der Waals surface area contributed by atoms with Crippen molar-refractivity contribution in [3.05, 3.63) is 53.3 Å². The van der Waals surface area contributed by atoms with Crippen molar-refractivity contribution in [2.24, 2.45) is 0 Å². The van der Waals surface area contributed by atoms with Gasteiger partial charge < -0.3 is 15.1 Å². The summed E-state index contributed by atoms with van der Waals surface area (Å²) in [5, 5.41) is 7.08. The summed E-state index contributed by atoms with van der Waals surface area (Å²) in [5.74, 6) is -0.645. The van der Waals surface area contributed by atoms with E-state index in [0.717, 1.165) is 37.9 Å². The van der Waals surface area contributed by atoms with Gasteiger partial charge in [0.2, 0.25) is 5.91 Å². The molecule has 3 heterocycles. The van der Waals surface area contributed by atoms with Gasteiger partial charge in [0, 0.05) is 38.8 Å². The highest BCUT2D eigenvalue weighted by Gasteiger charge is 2.28. The average Bonchev–Trinajstić information content (AvgIpc) is 3.41. The Labute approximate surface area is 175 Å². The molecule has 30 heavy (non-hydrogen) atoms. The zero-order valence-electron chi connectivity index (χ0n) is 17.2. The van der Waals surface area contributed by atoms with Crippen molar-refractivity contribution < 1.29 is 14.4 Å². The largest absolute Gasteiger partial charge is 0.341 e. The topological polar surface area (TPSA) is 87.5 Å². The highest BCUT2D eigenvalue weighted by Crippen LogP contribution is 2.17. The molecule has 0 bridgehead atoms. The van der Waals surface area contributed by atoms with Crippen LogP contribution >= 0.6 is 0 Å². The first kappa shape index (κ1) is 20.1. The van der Waals surface area contributed by atoms with Crippen LogP contribution in [-0.2, 0) is 17.9 Å². The van der Waals surface area contributed by atoms with Crippen LogP contribution in [0.15, 0.2) is 36.4 Å². The van der Waals surface area contributed by atoms with Gasteiger partial charge in [0.1, 0.15) is 11.7 Å². The lowest BCUT2D eigenvalue weighted by atomic mass is 10.2. The van der Waals surface area contributed by atoms with Crippen molar-refractivity contribution in [3.63, 3.8) is 0 Å². The molecule has 2 aliphatic rings. The first-order chi connectivity index (χ1) is 14.5. The summed E-state index contributed by atoms with van der Waals surface area (Å²) in [6.07, 6.45) is 2.77. The van der Waals surface area contributed by atoms with Gasteiger partial charge in [0.25, 0.3) is 11.8 Å². The molecule has 0 saturated carbocycles. The van der Waals surface area contributed by atoms with Crippen molar-refractivity contribution in [2.45, 2.75) is 45.3 Å². The monoisotopic (exact) mass is 409 g/mol. The standard InChI is InChI=1S/C22H27N5O3/c1-16(21(29)25-10-5-6-11-25)23-20(28)18-14-19-22(30)26(12-7-13-27(19)24-18)15-17-8-3-2-4-9-17/h2-4,8-9,14,16H,5-7,10-13,15H2,1H3,(H,23,28)/t16-/m0/s1. The lowest BCUT2D eigenvalue weighted by Crippen LogP contribution is -2.46. The van der Waals surface area contributed by atoms with E-state index >= 15 is 0 Å². The zero-order valence-corrected chi connectivity index (χ0v) is 17.2. The van der Waals surface area contributed by atoms with Crippen LogP contribution in [0.3, 0.4) is 0 Å². The van der Waals surface area contributed by atoms with E-state index in [2.05, 4.69) is 10.4 Å². The molecule has 1 atom stereocenters. The summed E-state index contributed by atoms with van der Waals surface area (Å²) in [7, 11) is 0. The fraction of sp³-hybridized carbons (Fsp3) is 0.455. The third-order valence-electron chi connectivity index (χ3n) is 5.67. The minimum Gasteiger partial charge on any atom is -0.341 e. The molecule has 0 unspecified atom stereocenters. The summed E-state index contributed by atoms with van der Waals surface area (Å²) in [4.78, 5) is 41.7. The summed E-state index contributed by atoms with van der Waals surface area (Å²) in [6, 6.07) is 10.8. The molecular formula is C22H27N5O3. The Balaban J connectivity index is 1.45. The number of nitrogens with zero attached hydrogens (tertiary/aromatic N) is 4. The Bertz CT molecular complexity index is 934. The molecule has 4 rings (SSSR count). The molecule has 0 spiro atoms. The van der Waals surface area contributed by atoms with Crippen LogP contribution in [0.2, 0.25) is 0 Å². The minimum absolute atomic E-state index is 0.0771. The number of carbonyl (C=O) groups is 3. The summed E-state index contributed by atoms with van der Waals surface area (Å²) in [5.41, 5.74) is 1.64. The number of hydrogen-bond donors (Lipinski definition) is 1. The van der Waals surface area contributed by atoms with E-state index in [1.54, 1.807) is 21.4 Å². The summed E-state index contributed by atoms with van der Waals surface area (Å²) in [6.45, 7) is 4.90. The molecule has 158 valence electrons. The first-order valence-corrected chi connectivity index (χ1v) is 10.5. The van der Waals surface area contributed by atoms with Crippen LogP contribution < -0.4 is 5.32 Å². The molecule has 1 N–H and O–H groups in total. The van der Waals surface area contributed by atoms with Gasteiger partial charge in [0.05, 0.1) is 0 Å². The molecule has 1 fully saturated rings. The molecule has 2 aromatic rings. The van der Waals surface area contributed by atoms with Crippen LogP contribution in [0.4, 0.5) is 0 Å². The SMILES string of the molecule is C[C@H](NC(=O)c1cc2n(n1)CCCN(Cc1ccccc1)C2=O)C(=O)N1CCCC1. The zero-order chi connectivity index (χ0) is 21.1. The number of nitrogens with one attached hydrogen (secondary N) is 1. The van der Waals surface area contributed by atoms with Crippen molar-refractivity contribution in [1.82, 2.24) is 24.9 Å². The number of rotatable bonds is 5. The normalized spacial score (nSPS) is 17.4. The van der Waals surface area contributed by atoms with Crippen molar-refractivity contribution in [3.8, 4) is 0 Å². The number of carbonyl (C=O) groups excluding carboxylic acids is 3. The number of fused-ring (bicyclic) bond motifs is 1. The molecule has 2 aliphatic heterocycles. The molecule has 1 aromatic heterocycles. The number of aromatic nitrogens is 2. The number of amides is 3. The second-order valence-electron chi connectivity index (χ2n) is 7.93. The van der Waals surface area contributed by atoms with Gasteiger partial charge >= 0.3 is 0 Å². The molecule has 0 aliphatic carbocycles. The van der Waals surface area contributed by atoms with E-state index in [9.17, 15) is 14.4 Å². The molecule has 3 amide bonds. The van der Waals surface area contributed by atoms with Gasteiger partial charge in [-0.05, 0) is 31.7 Å². The highest BCUT2D eigenvalue weighted by atomic mass is 16.2. The van der Waals surface area contributed by atoms with Gasteiger partial charge in [-0.25, -0.2) is 0 Å².